The van der Waals surface area contributed by atoms with E-state index >= 15 is 0 Å². The van der Waals surface area contributed by atoms with Crippen LogP contribution in [-0.4, -0.2) is 10.9 Å². The van der Waals surface area contributed by atoms with Crippen LogP contribution in [0.3, 0.4) is 0 Å². The number of amides is 1. The second-order valence-corrected chi connectivity index (χ2v) is 5.96. The van der Waals surface area contributed by atoms with E-state index in [1.54, 1.807) is 37.3 Å². The van der Waals surface area contributed by atoms with Crippen molar-refractivity contribution >= 4 is 5.91 Å². The minimum absolute atomic E-state index is 0.172. The second kappa shape index (κ2) is 7.91. The largest absolute Gasteiger partial charge is 0.441 e. The SMILES string of the molecule is Cc1ccc(CNC(=O)CCc2ncc(-c3ccccc3F)o2)cc1F. The number of aryl methyl sites for hydroxylation is 2. The Morgan fingerprint density at radius 1 is 1.15 bits per heavy atom. The summed E-state index contributed by atoms with van der Waals surface area (Å²) < 4.78 is 32.7. The first-order valence-corrected chi connectivity index (χ1v) is 8.24. The lowest BCUT2D eigenvalue weighted by Gasteiger charge is -2.06. The van der Waals surface area contributed by atoms with Crippen LogP contribution >= 0.6 is 0 Å². The third-order valence-corrected chi connectivity index (χ3v) is 3.98. The van der Waals surface area contributed by atoms with Gasteiger partial charge in [-0.2, -0.15) is 0 Å². The lowest BCUT2D eigenvalue weighted by atomic mass is 10.1. The normalized spacial score (nSPS) is 10.7. The van der Waals surface area contributed by atoms with Gasteiger partial charge in [0, 0.05) is 19.4 Å². The molecule has 0 atom stereocenters. The zero-order chi connectivity index (χ0) is 18.5. The van der Waals surface area contributed by atoms with Crippen molar-refractivity contribution in [2.24, 2.45) is 0 Å². The first-order valence-electron chi connectivity index (χ1n) is 8.24. The molecule has 0 aliphatic carbocycles. The maximum absolute atomic E-state index is 13.7. The number of hydrogen-bond donors (Lipinski definition) is 1. The Balaban J connectivity index is 1.52. The zero-order valence-corrected chi connectivity index (χ0v) is 14.3. The van der Waals surface area contributed by atoms with Crippen molar-refractivity contribution < 1.29 is 18.0 Å². The topological polar surface area (TPSA) is 55.1 Å². The van der Waals surface area contributed by atoms with Crippen LogP contribution in [0.25, 0.3) is 11.3 Å². The highest BCUT2D eigenvalue weighted by Gasteiger charge is 2.12. The molecule has 1 aromatic heterocycles. The summed E-state index contributed by atoms with van der Waals surface area (Å²) in [5.74, 6) is -0.194. The molecule has 0 aliphatic rings. The van der Waals surface area contributed by atoms with E-state index in [-0.39, 0.29) is 24.7 Å². The number of oxazole rings is 1. The third-order valence-electron chi connectivity index (χ3n) is 3.98. The molecule has 4 nitrogen and oxygen atoms in total. The highest BCUT2D eigenvalue weighted by molar-refractivity contribution is 5.76. The lowest BCUT2D eigenvalue weighted by Crippen LogP contribution is -2.23. The van der Waals surface area contributed by atoms with Crippen LogP contribution in [0, 0.1) is 18.6 Å². The number of carbonyl (C=O) groups excluding carboxylic acids is 1. The van der Waals surface area contributed by atoms with E-state index in [0.717, 1.165) is 0 Å². The Hall–Kier alpha value is -3.02. The van der Waals surface area contributed by atoms with Crippen molar-refractivity contribution in [2.75, 3.05) is 0 Å². The van der Waals surface area contributed by atoms with Gasteiger partial charge < -0.3 is 9.73 Å². The number of benzene rings is 2. The third kappa shape index (κ3) is 4.33. The van der Waals surface area contributed by atoms with Gasteiger partial charge >= 0.3 is 0 Å². The number of aromatic nitrogens is 1. The van der Waals surface area contributed by atoms with Crippen molar-refractivity contribution in [3.8, 4) is 11.3 Å². The molecule has 2 aromatic carbocycles. The molecule has 0 fully saturated rings. The van der Waals surface area contributed by atoms with Crippen LogP contribution < -0.4 is 5.32 Å². The van der Waals surface area contributed by atoms with Crippen molar-refractivity contribution in [2.45, 2.75) is 26.3 Å². The molecule has 26 heavy (non-hydrogen) atoms. The molecular weight excluding hydrogens is 338 g/mol. The van der Waals surface area contributed by atoms with Gasteiger partial charge in [-0.25, -0.2) is 13.8 Å². The van der Waals surface area contributed by atoms with Crippen LogP contribution in [-0.2, 0) is 17.8 Å². The molecule has 1 N–H and O–H groups in total. The number of halogens is 2. The molecule has 1 heterocycles. The maximum Gasteiger partial charge on any atom is 0.220 e. The first-order chi connectivity index (χ1) is 12.5. The zero-order valence-electron chi connectivity index (χ0n) is 14.3. The summed E-state index contributed by atoms with van der Waals surface area (Å²) in [5, 5.41) is 2.73. The number of carbonyl (C=O) groups is 1. The molecule has 0 spiro atoms. The molecule has 3 aromatic rings. The number of rotatable bonds is 6. The van der Waals surface area contributed by atoms with Crippen LogP contribution in [0.15, 0.2) is 53.1 Å². The second-order valence-electron chi connectivity index (χ2n) is 5.96. The van der Waals surface area contributed by atoms with Crippen molar-refractivity contribution in [1.29, 1.82) is 0 Å². The number of nitrogens with zero attached hydrogens (tertiary/aromatic N) is 1. The summed E-state index contributed by atoms with van der Waals surface area (Å²) in [4.78, 5) is 16.0. The Morgan fingerprint density at radius 2 is 1.96 bits per heavy atom. The van der Waals surface area contributed by atoms with Gasteiger partial charge in [0.15, 0.2) is 11.7 Å². The van der Waals surface area contributed by atoms with Gasteiger partial charge in [-0.05, 0) is 36.2 Å². The van der Waals surface area contributed by atoms with Gasteiger partial charge in [0.25, 0.3) is 0 Å². The maximum atomic E-state index is 13.7. The van der Waals surface area contributed by atoms with Crippen LogP contribution in [0.2, 0.25) is 0 Å². The van der Waals surface area contributed by atoms with Gasteiger partial charge in [0.2, 0.25) is 5.91 Å². The highest BCUT2D eigenvalue weighted by Crippen LogP contribution is 2.23. The smallest absolute Gasteiger partial charge is 0.220 e. The van der Waals surface area contributed by atoms with E-state index in [1.807, 2.05) is 0 Å². The molecule has 0 radical (unpaired) electrons. The molecule has 6 heteroatoms. The molecule has 0 saturated heterocycles. The average Bonchev–Trinajstić information content (AvgIpc) is 3.10. The number of hydrogen-bond acceptors (Lipinski definition) is 3. The molecule has 1 amide bonds. The molecule has 3 rings (SSSR count). The Bertz CT molecular complexity index is 922. The molecule has 134 valence electrons. The Labute approximate surface area is 149 Å². The van der Waals surface area contributed by atoms with Gasteiger partial charge in [-0.15, -0.1) is 0 Å². The summed E-state index contributed by atoms with van der Waals surface area (Å²) in [7, 11) is 0. The molecular formula is C20H18F2N2O2. The fourth-order valence-electron chi connectivity index (χ4n) is 2.47. The average molecular weight is 356 g/mol. The van der Waals surface area contributed by atoms with Gasteiger partial charge in [-0.3, -0.25) is 4.79 Å². The summed E-state index contributed by atoms with van der Waals surface area (Å²) in [5.41, 5.74) is 1.59. The first kappa shape index (κ1) is 17.8. The van der Waals surface area contributed by atoms with Crippen molar-refractivity contribution in [3.63, 3.8) is 0 Å². The van der Waals surface area contributed by atoms with E-state index in [4.69, 9.17) is 4.42 Å². The number of nitrogens with one attached hydrogen (secondary N) is 1. The Morgan fingerprint density at radius 3 is 2.73 bits per heavy atom. The summed E-state index contributed by atoms with van der Waals surface area (Å²) >= 11 is 0. The van der Waals surface area contributed by atoms with Gasteiger partial charge in [0.1, 0.15) is 11.6 Å². The minimum Gasteiger partial charge on any atom is -0.441 e. The predicted octanol–water partition coefficient (Wildman–Crippen LogP) is 4.18. The van der Waals surface area contributed by atoms with E-state index in [2.05, 4.69) is 10.3 Å². The standard InChI is InChI=1S/C20H18F2N2O2/c1-13-6-7-14(10-17(13)22)11-23-19(25)8-9-20-24-12-18(26-20)15-4-2-3-5-16(15)21/h2-7,10,12H,8-9,11H2,1H3,(H,23,25). The molecule has 0 saturated carbocycles. The monoisotopic (exact) mass is 356 g/mol. The molecule has 0 aliphatic heterocycles. The quantitative estimate of drug-likeness (QED) is 0.721. The van der Waals surface area contributed by atoms with Crippen molar-refractivity contribution in [3.05, 3.63) is 77.3 Å². The summed E-state index contributed by atoms with van der Waals surface area (Å²) in [6, 6.07) is 11.1. The summed E-state index contributed by atoms with van der Waals surface area (Å²) in [6.07, 6.45) is 1.91. The molecule has 0 bridgehead atoms. The summed E-state index contributed by atoms with van der Waals surface area (Å²) in [6.45, 7) is 1.94. The Kier molecular flexibility index (Phi) is 5.41. The van der Waals surface area contributed by atoms with E-state index in [9.17, 15) is 13.6 Å². The van der Waals surface area contributed by atoms with Crippen LogP contribution in [0.1, 0.15) is 23.4 Å². The van der Waals surface area contributed by atoms with E-state index in [1.165, 1.54) is 18.3 Å². The fraction of sp³-hybridized carbons (Fsp3) is 0.200. The van der Waals surface area contributed by atoms with Crippen LogP contribution in [0.4, 0.5) is 8.78 Å². The molecule has 0 unspecified atom stereocenters. The van der Waals surface area contributed by atoms with E-state index in [0.29, 0.717) is 34.8 Å². The predicted molar refractivity (Wildman–Crippen MR) is 93.2 cm³/mol. The van der Waals surface area contributed by atoms with Gasteiger partial charge in [0.05, 0.1) is 11.8 Å². The van der Waals surface area contributed by atoms with Crippen molar-refractivity contribution in [1.82, 2.24) is 10.3 Å². The van der Waals surface area contributed by atoms with Crippen LogP contribution in [0.5, 0.6) is 0 Å². The minimum atomic E-state index is -0.390. The van der Waals surface area contributed by atoms with E-state index < -0.39 is 5.82 Å². The lowest BCUT2D eigenvalue weighted by molar-refractivity contribution is -0.121. The fourth-order valence-corrected chi connectivity index (χ4v) is 2.47. The van der Waals surface area contributed by atoms with Gasteiger partial charge in [-0.1, -0.05) is 24.3 Å². The highest BCUT2D eigenvalue weighted by atomic mass is 19.1.